The lowest BCUT2D eigenvalue weighted by Crippen LogP contribution is -2.25. The van der Waals surface area contributed by atoms with Gasteiger partial charge in [0, 0.05) is 6.07 Å². The van der Waals surface area contributed by atoms with Crippen LogP contribution in [0.1, 0.15) is 23.1 Å². The Morgan fingerprint density at radius 1 is 1.52 bits per heavy atom. The molecule has 1 amide bonds. The molecular weight excluding hydrogens is 280 g/mol. The monoisotopic (exact) mass is 292 g/mol. The molecule has 2 rings (SSSR count). The summed E-state index contributed by atoms with van der Waals surface area (Å²) in [6, 6.07) is 4.20. The molecule has 0 bridgehead atoms. The SMILES string of the molecule is CCOc1cccc([N+](=O)[O-])c1C(=O)NCc1nn[nH]n1. The van der Waals surface area contributed by atoms with E-state index in [-0.39, 0.29) is 36.0 Å². The van der Waals surface area contributed by atoms with E-state index in [0.717, 1.165) is 0 Å². The maximum absolute atomic E-state index is 12.2. The van der Waals surface area contributed by atoms with Crippen LogP contribution in [-0.4, -0.2) is 38.1 Å². The first kappa shape index (κ1) is 14.4. The van der Waals surface area contributed by atoms with Crippen molar-refractivity contribution in [1.82, 2.24) is 25.9 Å². The number of aromatic nitrogens is 4. The summed E-state index contributed by atoms with van der Waals surface area (Å²) in [6.45, 7) is 2.00. The Hall–Kier alpha value is -3.04. The van der Waals surface area contributed by atoms with Gasteiger partial charge in [-0.25, -0.2) is 0 Å². The third-order valence-electron chi connectivity index (χ3n) is 2.52. The van der Waals surface area contributed by atoms with Crippen molar-refractivity contribution < 1.29 is 14.5 Å². The standard InChI is InChI=1S/C11H12N6O4/c1-2-21-8-5-3-4-7(17(19)20)10(8)11(18)12-6-9-13-15-16-14-9/h3-5H,2,6H2,1H3,(H,12,18)(H,13,14,15,16). The Labute approximate surface area is 118 Å². The second-order valence-electron chi connectivity index (χ2n) is 3.85. The maximum Gasteiger partial charge on any atom is 0.285 e. The number of hydrogen-bond donors (Lipinski definition) is 2. The van der Waals surface area contributed by atoms with Crippen molar-refractivity contribution in [3.05, 3.63) is 39.7 Å². The molecule has 2 aromatic rings. The average molecular weight is 292 g/mol. The molecule has 1 heterocycles. The van der Waals surface area contributed by atoms with Crippen LogP contribution in [0.25, 0.3) is 0 Å². The summed E-state index contributed by atoms with van der Waals surface area (Å²) in [5.41, 5.74) is -0.459. The zero-order valence-corrected chi connectivity index (χ0v) is 11.1. The summed E-state index contributed by atoms with van der Waals surface area (Å²) >= 11 is 0. The molecule has 0 atom stereocenters. The lowest BCUT2D eigenvalue weighted by atomic mass is 10.1. The number of carbonyl (C=O) groups is 1. The van der Waals surface area contributed by atoms with Crippen LogP contribution < -0.4 is 10.1 Å². The number of aromatic amines is 1. The Morgan fingerprint density at radius 2 is 2.33 bits per heavy atom. The number of hydrogen-bond acceptors (Lipinski definition) is 7. The van der Waals surface area contributed by atoms with Gasteiger partial charge in [0.2, 0.25) is 0 Å². The lowest BCUT2D eigenvalue weighted by Gasteiger charge is -2.10. The average Bonchev–Trinajstić information content (AvgIpc) is 2.98. The van der Waals surface area contributed by atoms with E-state index in [0.29, 0.717) is 0 Å². The molecule has 0 spiro atoms. The fraction of sp³-hybridized carbons (Fsp3) is 0.273. The fourth-order valence-corrected chi connectivity index (χ4v) is 1.68. The molecular formula is C11H12N6O4. The van der Waals surface area contributed by atoms with E-state index in [1.54, 1.807) is 6.92 Å². The minimum absolute atomic E-state index is 0.00700. The molecule has 0 unspecified atom stereocenters. The van der Waals surface area contributed by atoms with Gasteiger partial charge in [-0.15, -0.1) is 10.2 Å². The molecule has 0 saturated carbocycles. The third-order valence-corrected chi connectivity index (χ3v) is 2.52. The Bertz CT molecular complexity index is 642. The van der Waals surface area contributed by atoms with E-state index in [9.17, 15) is 14.9 Å². The number of carbonyl (C=O) groups excluding carboxylic acids is 1. The molecule has 1 aromatic heterocycles. The van der Waals surface area contributed by atoms with Crippen molar-refractivity contribution >= 4 is 11.6 Å². The normalized spacial score (nSPS) is 10.1. The maximum atomic E-state index is 12.2. The van der Waals surface area contributed by atoms with Crippen LogP contribution in [0.5, 0.6) is 5.75 Å². The van der Waals surface area contributed by atoms with Gasteiger partial charge in [-0.2, -0.15) is 5.21 Å². The number of nitro benzene ring substituents is 1. The van der Waals surface area contributed by atoms with E-state index in [4.69, 9.17) is 4.74 Å². The van der Waals surface area contributed by atoms with Crippen molar-refractivity contribution in [3.8, 4) is 5.75 Å². The van der Waals surface area contributed by atoms with Crippen molar-refractivity contribution in [2.45, 2.75) is 13.5 Å². The van der Waals surface area contributed by atoms with Gasteiger partial charge >= 0.3 is 0 Å². The molecule has 21 heavy (non-hydrogen) atoms. The van der Waals surface area contributed by atoms with Crippen molar-refractivity contribution in [1.29, 1.82) is 0 Å². The molecule has 1 aromatic carbocycles. The van der Waals surface area contributed by atoms with Gasteiger partial charge in [0.15, 0.2) is 11.4 Å². The summed E-state index contributed by atoms with van der Waals surface area (Å²) in [4.78, 5) is 22.6. The van der Waals surface area contributed by atoms with Gasteiger partial charge in [0.05, 0.1) is 18.1 Å². The summed E-state index contributed by atoms with van der Waals surface area (Å²) < 4.78 is 5.27. The number of tetrazole rings is 1. The summed E-state index contributed by atoms with van der Waals surface area (Å²) in [5.74, 6) is -0.229. The Morgan fingerprint density at radius 3 is 2.95 bits per heavy atom. The first-order valence-electron chi connectivity index (χ1n) is 6.04. The van der Waals surface area contributed by atoms with Gasteiger partial charge in [-0.3, -0.25) is 14.9 Å². The second-order valence-corrected chi connectivity index (χ2v) is 3.85. The van der Waals surface area contributed by atoms with Crippen LogP contribution in [0.15, 0.2) is 18.2 Å². The molecule has 0 aliphatic heterocycles. The molecule has 110 valence electrons. The number of H-pyrrole nitrogens is 1. The Kier molecular flexibility index (Phi) is 4.39. The minimum atomic E-state index is -0.643. The van der Waals surface area contributed by atoms with Gasteiger partial charge in [0.25, 0.3) is 11.6 Å². The highest BCUT2D eigenvalue weighted by molar-refractivity contribution is 6.00. The molecule has 0 radical (unpaired) electrons. The summed E-state index contributed by atoms with van der Waals surface area (Å²) in [7, 11) is 0. The largest absolute Gasteiger partial charge is 0.493 e. The molecule has 0 aliphatic rings. The highest BCUT2D eigenvalue weighted by atomic mass is 16.6. The molecule has 0 fully saturated rings. The van der Waals surface area contributed by atoms with E-state index in [1.807, 2.05) is 0 Å². The Balaban J connectivity index is 2.26. The zero-order valence-electron chi connectivity index (χ0n) is 11.1. The number of nitrogens with one attached hydrogen (secondary N) is 2. The molecule has 2 N–H and O–H groups in total. The van der Waals surface area contributed by atoms with E-state index < -0.39 is 10.8 Å². The van der Waals surface area contributed by atoms with Gasteiger partial charge in [-0.05, 0) is 13.0 Å². The molecule has 10 nitrogen and oxygen atoms in total. The van der Waals surface area contributed by atoms with E-state index >= 15 is 0 Å². The first-order chi connectivity index (χ1) is 10.1. The van der Waals surface area contributed by atoms with Crippen molar-refractivity contribution in [2.24, 2.45) is 0 Å². The van der Waals surface area contributed by atoms with E-state index in [2.05, 4.69) is 25.9 Å². The van der Waals surface area contributed by atoms with Crippen LogP contribution in [0.2, 0.25) is 0 Å². The highest BCUT2D eigenvalue weighted by Gasteiger charge is 2.25. The van der Waals surface area contributed by atoms with Gasteiger partial charge < -0.3 is 10.1 Å². The molecule has 0 aliphatic carbocycles. The minimum Gasteiger partial charge on any atom is -0.493 e. The fourth-order valence-electron chi connectivity index (χ4n) is 1.68. The number of rotatable bonds is 6. The van der Waals surface area contributed by atoms with E-state index in [1.165, 1.54) is 18.2 Å². The molecule has 0 saturated heterocycles. The second kappa shape index (κ2) is 6.41. The zero-order chi connectivity index (χ0) is 15.2. The van der Waals surface area contributed by atoms with Crippen LogP contribution in [0.4, 0.5) is 5.69 Å². The smallest absolute Gasteiger partial charge is 0.285 e. The van der Waals surface area contributed by atoms with Crippen molar-refractivity contribution in [3.63, 3.8) is 0 Å². The quantitative estimate of drug-likeness (QED) is 0.582. The van der Waals surface area contributed by atoms with Gasteiger partial charge in [0.1, 0.15) is 5.75 Å². The third kappa shape index (κ3) is 3.29. The molecule has 10 heteroatoms. The summed E-state index contributed by atoms with van der Waals surface area (Å²) in [5, 5.41) is 26.5. The topological polar surface area (TPSA) is 136 Å². The van der Waals surface area contributed by atoms with Crippen LogP contribution in [0.3, 0.4) is 0 Å². The van der Waals surface area contributed by atoms with Crippen LogP contribution in [-0.2, 0) is 6.54 Å². The predicted octanol–water partition coefficient (Wildman–Crippen LogP) is 0.437. The number of nitrogens with zero attached hydrogens (tertiary/aromatic N) is 4. The first-order valence-corrected chi connectivity index (χ1v) is 6.04. The number of ether oxygens (including phenoxy) is 1. The van der Waals surface area contributed by atoms with Crippen LogP contribution >= 0.6 is 0 Å². The number of amides is 1. The summed E-state index contributed by atoms with van der Waals surface area (Å²) in [6.07, 6.45) is 0. The highest BCUT2D eigenvalue weighted by Crippen LogP contribution is 2.28. The van der Waals surface area contributed by atoms with Gasteiger partial charge in [-0.1, -0.05) is 11.3 Å². The number of nitro groups is 1. The van der Waals surface area contributed by atoms with Crippen molar-refractivity contribution in [2.75, 3.05) is 6.61 Å². The number of benzene rings is 1. The predicted molar refractivity (Wildman–Crippen MR) is 69.6 cm³/mol. The van der Waals surface area contributed by atoms with Crippen LogP contribution in [0, 0.1) is 10.1 Å². The lowest BCUT2D eigenvalue weighted by molar-refractivity contribution is -0.385.